The lowest BCUT2D eigenvalue weighted by atomic mass is 9.95. The Labute approximate surface area is 266 Å². The molecule has 0 unspecified atom stereocenters. The van der Waals surface area contributed by atoms with Gasteiger partial charge in [0.1, 0.15) is 30.5 Å². The van der Waals surface area contributed by atoms with E-state index in [1.807, 2.05) is 6.08 Å². The van der Waals surface area contributed by atoms with Gasteiger partial charge in [-0.15, -0.1) is 5.73 Å². The molecule has 0 aromatic rings. The van der Waals surface area contributed by atoms with E-state index < -0.39 is 33.3 Å². The normalized spacial score (nSPS) is 25.8. The van der Waals surface area contributed by atoms with Gasteiger partial charge in [-0.2, -0.15) is 0 Å². The van der Waals surface area contributed by atoms with E-state index in [0.717, 1.165) is 0 Å². The van der Waals surface area contributed by atoms with E-state index in [9.17, 15) is 0 Å². The van der Waals surface area contributed by atoms with E-state index in [2.05, 4.69) is 148 Å². The smallest absolute Gasteiger partial charge is 0.192 e. The summed E-state index contributed by atoms with van der Waals surface area (Å²) in [6.45, 7) is 50.4. The van der Waals surface area contributed by atoms with Gasteiger partial charge in [-0.3, -0.25) is 0 Å². The van der Waals surface area contributed by atoms with Gasteiger partial charge < -0.3 is 22.4 Å². The van der Waals surface area contributed by atoms with Gasteiger partial charge >= 0.3 is 0 Å². The van der Waals surface area contributed by atoms with Crippen LogP contribution < -0.4 is 0 Å². The van der Waals surface area contributed by atoms with Crippen molar-refractivity contribution in [2.75, 3.05) is 6.61 Å². The summed E-state index contributed by atoms with van der Waals surface area (Å²) in [5, 5.41) is 0.149. The second-order valence-corrected chi connectivity index (χ2v) is 37.7. The zero-order valence-electron chi connectivity index (χ0n) is 31.4. The van der Waals surface area contributed by atoms with Crippen molar-refractivity contribution in [3.05, 3.63) is 18.4 Å². The maximum absolute atomic E-state index is 7.43. The van der Waals surface area contributed by atoms with Crippen molar-refractivity contribution >= 4 is 33.3 Å². The first-order chi connectivity index (χ1) is 18.3. The average Bonchev–Trinajstić information content (AvgIpc) is 2.73. The minimum atomic E-state index is -2.26. The number of rotatable bonds is 10. The van der Waals surface area contributed by atoms with E-state index in [-0.39, 0.29) is 50.7 Å². The van der Waals surface area contributed by atoms with Gasteiger partial charge in [0.25, 0.3) is 0 Å². The van der Waals surface area contributed by atoms with Crippen LogP contribution in [0.3, 0.4) is 0 Å². The van der Waals surface area contributed by atoms with Crippen molar-refractivity contribution in [3.63, 3.8) is 0 Å². The Morgan fingerprint density at radius 2 is 0.905 bits per heavy atom. The highest BCUT2D eigenvalue weighted by Crippen LogP contribution is 2.46. The van der Waals surface area contributed by atoms with Crippen LogP contribution in [0.15, 0.2) is 18.4 Å². The molecule has 1 rings (SSSR count). The summed E-state index contributed by atoms with van der Waals surface area (Å²) in [6, 6.07) is 0. The Balaban J connectivity index is 3.92. The molecule has 0 spiro atoms. The van der Waals surface area contributed by atoms with Gasteiger partial charge in [-0.25, -0.2) is 0 Å². The molecule has 5 nitrogen and oxygen atoms in total. The predicted octanol–water partition coefficient (Wildman–Crippen LogP) is 10.3. The number of hydrogen-bond acceptors (Lipinski definition) is 5. The zero-order valence-corrected chi connectivity index (χ0v) is 35.4. The molecule has 1 aliphatic heterocycles. The minimum absolute atomic E-state index is 0.0191. The molecular weight excluding hydrogens is 589 g/mol. The van der Waals surface area contributed by atoms with Crippen molar-refractivity contribution in [1.29, 1.82) is 0 Å². The molecule has 1 aliphatic rings. The standard InChI is InChI=1S/C33H70O5Si4/c1-22-23-25-27(36-40(16,17)31(5,6)7)29(38-42(20,21)33(11,12)13)28(37-41(18,19)32(8,9)10)26(35-25)24-34-39(14,15)30(2,3)4/h23,25-29H,1,24H2,2-21H3/t25-,26+,27-,28-,29+/m0/s1. The third kappa shape index (κ3) is 9.60. The largest absolute Gasteiger partial charge is 0.414 e. The summed E-state index contributed by atoms with van der Waals surface area (Å²) in [5.41, 5.74) is 3.04. The Kier molecular flexibility index (Phi) is 12.6. The van der Waals surface area contributed by atoms with Gasteiger partial charge in [0.2, 0.25) is 0 Å². The molecule has 0 aromatic carbocycles. The maximum Gasteiger partial charge on any atom is 0.192 e. The third-order valence-electron chi connectivity index (χ3n) is 11.1. The number of hydrogen-bond donors (Lipinski definition) is 0. The first kappa shape index (κ1) is 40.2. The van der Waals surface area contributed by atoms with Crippen molar-refractivity contribution in [2.45, 2.75) is 186 Å². The Morgan fingerprint density at radius 1 is 0.571 bits per heavy atom. The maximum atomic E-state index is 7.43. The SMILES string of the molecule is C=C=C[C@@H]1O[C@H](CO[Si](C)(C)C(C)(C)C)[C@H](O[Si](C)(C)C(C)(C)C)[C@H](O[Si](C)(C)C(C)(C)C)[C@H]1O[Si](C)(C)C(C)(C)C. The molecular formula is C33H70O5Si4. The lowest BCUT2D eigenvalue weighted by Gasteiger charge is -2.54. The van der Waals surface area contributed by atoms with Gasteiger partial charge in [-0.05, 0) is 78.6 Å². The third-order valence-corrected chi connectivity index (χ3v) is 29.0. The quantitative estimate of drug-likeness (QED) is 0.173. The summed E-state index contributed by atoms with van der Waals surface area (Å²) in [5.74, 6) is 0. The van der Waals surface area contributed by atoms with E-state index >= 15 is 0 Å². The van der Waals surface area contributed by atoms with Crippen LogP contribution in [0.4, 0.5) is 0 Å². The van der Waals surface area contributed by atoms with Gasteiger partial charge in [0.15, 0.2) is 33.3 Å². The fourth-order valence-corrected chi connectivity index (χ4v) is 8.73. The zero-order chi connectivity index (χ0) is 33.5. The first-order valence-corrected chi connectivity index (χ1v) is 27.6. The molecule has 0 radical (unpaired) electrons. The highest BCUT2D eigenvalue weighted by Gasteiger charge is 2.56. The predicted molar refractivity (Wildman–Crippen MR) is 192 cm³/mol. The van der Waals surface area contributed by atoms with Crippen LogP contribution >= 0.6 is 0 Å². The van der Waals surface area contributed by atoms with E-state index in [4.69, 9.17) is 22.4 Å². The molecule has 0 aliphatic carbocycles. The summed E-state index contributed by atoms with van der Waals surface area (Å²) < 4.78 is 35.9. The monoisotopic (exact) mass is 658 g/mol. The Bertz CT molecular complexity index is 941. The molecule has 0 aromatic heterocycles. The van der Waals surface area contributed by atoms with Crippen molar-refractivity contribution in [3.8, 4) is 0 Å². The van der Waals surface area contributed by atoms with E-state index in [0.29, 0.717) is 6.61 Å². The van der Waals surface area contributed by atoms with Crippen molar-refractivity contribution in [1.82, 2.24) is 0 Å². The van der Waals surface area contributed by atoms with Crippen LogP contribution in [0.2, 0.25) is 72.5 Å². The molecule has 1 saturated heterocycles. The van der Waals surface area contributed by atoms with Crippen LogP contribution in [-0.2, 0) is 22.4 Å². The summed E-state index contributed by atoms with van der Waals surface area (Å²) in [6.07, 6.45) is 0.282. The fraction of sp³-hybridized carbons (Fsp3) is 0.909. The fourth-order valence-electron chi connectivity index (χ4n) is 3.80. The lowest BCUT2D eigenvalue weighted by Crippen LogP contribution is -2.68. The summed E-state index contributed by atoms with van der Waals surface area (Å²) in [7, 11) is -8.78. The Hall–Kier alpha value is 0.188. The molecule has 248 valence electrons. The second kappa shape index (κ2) is 13.1. The second-order valence-electron chi connectivity index (χ2n) is 18.6. The van der Waals surface area contributed by atoms with E-state index in [1.54, 1.807) is 0 Å². The molecule has 0 saturated carbocycles. The molecule has 0 amide bonds. The molecule has 0 N–H and O–H groups in total. The minimum Gasteiger partial charge on any atom is -0.414 e. The van der Waals surface area contributed by atoms with Gasteiger partial charge in [-0.1, -0.05) is 89.7 Å². The molecule has 1 heterocycles. The molecule has 5 atom stereocenters. The van der Waals surface area contributed by atoms with Crippen LogP contribution in [0.25, 0.3) is 0 Å². The topological polar surface area (TPSA) is 46.2 Å². The number of ether oxygens (including phenoxy) is 1. The molecule has 0 bridgehead atoms. The summed E-state index contributed by atoms with van der Waals surface area (Å²) in [4.78, 5) is 0. The summed E-state index contributed by atoms with van der Waals surface area (Å²) >= 11 is 0. The lowest BCUT2D eigenvalue weighted by molar-refractivity contribution is -0.203. The van der Waals surface area contributed by atoms with Gasteiger partial charge in [0, 0.05) is 0 Å². The van der Waals surface area contributed by atoms with Crippen molar-refractivity contribution < 1.29 is 22.4 Å². The molecule has 9 heteroatoms. The van der Waals surface area contributed by atoms with Crippen LogP contribution in [0.1, 0.15) is 83.1 Å². The first-order valence-electron chi connectivity index (χ1n) is 16.0. The highest BCUT2D eigenvalue weighted by molar-refractivity contribution is 6.75. The highest BCUT2D eigenvalue weighted by atomic mass is 28.4. The van der Waals surface area contributed by atoms with Gasteiger partial charge in [0.05, 0.1) is 6.61 Å². The average molecular weight is 659 g/mol. The van der Waals surface area contributed by atoms with Crippen LogP contribution in [0, 0.1) is 0 Å². The molecule has 42 heavy (non-hydrogen) atoms. The van der Waals surface area contributed by atoms with Crippen molar-refractivity contribution in [2.24, 2.45) is 0 Å². The molecule has 1 fully saturated rings. The Morgan fingerprint density at radius 3 is 1.24 bits per heavy atom. The van der Waals surface area contributed by atoms with E-state index in [1.165, 1.54) is 0 Å². The van der Waals surface area contributed by atoms with Crippen LogP contribution in [-0.4, -0.2) is 70.4 Å². The van der Waals surface area contributed by atoms with Crippen LogP contribution in [0.5, 0.6) is 0 Å².